The molecule has 0 aliphatic rings. The number of hydrogen-bond donors (Lipinski definition) is 1. The smallest absolute Gasteiger partial charge is 0.164 e. The van der Waals surface area contributed by atoms with Crippen LogP contribution in [0.3, 0.4) is 0 Å². The fraction of sp³-hybridized carbons (Fsp3) is 0.455. The van der Waals surface area contributed by atoms with Gasteiger partial charge < -0.3 is 5.11 Å². The molecule has 0 unspecified atom stereocenters. The number of benzene rings is 2. The Hall–Kier alpha value is -3.25. The molecule has 5 aromatic rings. The van der Waals surface area contributed by atoms with Crippen molar-refractivity contribution in [3.63, 3.8) is 0 Å². The monoisotopic (exact) mass is 883 g/mol. The van der Waals surface area contributed by atoms with E-state index in [2.05, 4.69) is 98.5 Å². The number of pyridine rings is 1. The van der Waals surface area contributed by atoms with E-state index >= 15 is 0 Å². The van der Waals surface area contributed by atoms with Crippen molar-refractivity contribution in [1.82, 2.24) is 15.0 Å². The fourth-order valence-corrected chi connectivity index (χ4v) is 7.18. The number of fused-ring (bicyclic) bond motifs is 2. The van der Waals surface area contributed by atoms with Gasteiger partial charge in [0.15, 0.2) is 5.78 Å². The third-order valence-corrected chi connectivity index (χ3v) is 11.6. The largest absolute Gasteiger partial charge is 0.512 e. The Labute approximate surface area is 323 Å². The minimum atomic E-state index is -0.337. The summed E-state index contributed by atoms with van der Waals surface area (Å²) in [5.41, 5.74) is 5.72. The zero-order chi connectivity index (χ0) is 36.9. The van der Waals surface area contributed by atoms with E-state index in [9.17, 15) is 9.90 Å². The zero-order valence-electron chi connectivity index (χ0n) is 32.4. The van der Waals surface area contributed by atoms with Crippen molar-refractivity contribution in [2.45, 2.75) is 114 Å². The van der Waals surface area contributed by atoms with E-state index in [1.807, 2.05) is 47.7 Å². The predicted molar refractivity (Wildman–Crippen MR) is 213 cm³/mol. The fourth-order valence-electron chi connectivity index (χ4n) is 6.10. The van der Waals surface area contributed by atoms with Gasteiger partial charge in [-0.2, -0.15) is 0 Å². The predicted octanol–water partition coefficient (Wildman–Crippen LogP) is 12.5. The Bertz CT molecular complexity index is 1960. The second-order valence-corrected chi connectivity index (χ2v) is 16.4. The molecule has 2 aromatic carbocycles. The molecule has 0 bridgehead atoms. The van der Waals surface area contributed by atoms with Crippen LogP contribution in [0.1, 0.15) is 113 Å². The second-order valence-electron chi connectivity index (χ2n) is 15.5. The van der Waals surface area contributed by atoms with E-state index < -0.39 is 0 Å². The first kappa shape index (κ1) is 42.2. The third-order valence-electron chi connectivity index (χ3n) is 10.6. The summed E-state index contributed by atoms with van der Waals surface area (Å²) < 4.78 is 1.19. The first-order valence-corrected chi connectivity index (χ1v) is 19.1. The van der Waals surface area contributed by atoms with Gasteiger partial charge in [-0.1, -0.05) is 105 Å². The quantitative estimate of drug-likeness (QED) is 0.0812. The number of thiophene rings is 1. The molecule has 3 heterocycles. The van der Waals surface area contributed by atoms with Crippen molar-refractivity contribution in [1.29, 1.82) is 0 Å². The molecule has 0 aliphatic carbocycles. The average Bonchev–Trinajstić information content (AvgIpc) is 3.52. The van der Waals surface area contributed by atoms with Gasteiger partial charge in [-0.3, -0.25) is 14.8 Å². The molecule has 275 valence electrons. The number of aliphatic hydroxyl groups is 1. The number of carbonyl (C=O) groups excluding carboxylic acids is 1. The molecular formula is C44H56IrN3O2S-. The van der Waals surface area contributed by atoms with Gasteiger partial charge in [0.25, 0.3) is 0 Å². The maximum atomic E-state index is 12.2. The van der Waals surface area contributed by atoms with Crippen LogP contribution in [-0.4, -0.2) is 25.8 Å². The summed E-state index contributed by atoms with van der Waals surface area (Å²) in [7, 11) is 0. The summed E-state index contributed by atoms with van der Waals surface area (Å²) in [5, 5.41) is 16.0. The van der Waals surface area contributed by atoms with Crippen LogP contribution in [0.25, 0.3) is 43.5 Å². The van der Waals surface area contributed by atoms with E-state index in [0.717, 1.165) is 60.1 Å². The maximum Gasteiger partial charge on any atom is 0.164 e. The summed E-state index contributed by atoms with van der Waals surface area (Å²) in [6, 6.07) is 18.5. The topological polar surface area (TPSA) is 76.0 Å². The van der Waals surface area contributed by atoms with Crippen molar-refractivity contribution in [3.8, 4) is 22.6 Å². The van der Waals surface area contributed by atoms with Crippen LogP contribution in [0.2, 0.25) is 0 Å². The van der Waals surface area contributed by atoms with Gasteiger partial charge >= 0.3 is 0 Å². The number of carbonyl (C=O) groups is 1. The number of hydrogen-bond acceptors (Lipinski definition) is 6. The van der Waals surface area contributed by atoms with E-state index in [1.165, 1.54) is 32.7 Å². The normalized spacial score (nSPS) is 12.5. The van der Waals surface area contributed by atoms with Crippen LogP contribution in [0.5, 0.6) is 0 Å². The number of aromatic nitrogens is 3. The van der Waals surface area contributed by atoms with Crippen LogP contribution < -0.4 is 0 Å². The molecule has 0 aliphatic heterocycles. The Kier molecular flexibility index (Phi) is 14.5. The molecule has 3 aromatic heterocycles. The number of rotatable bonds is 11. The molecule has 0 saturated carbocycles. The first-order valence-electron chi connectivity index (χ1n) is 18.2. The molecule has 0 atom stereocenters. The van der Waals surface area contributed by atoms with Gasteiger partial charge in [0.1, 0.15) is 17.8 Å². The molecule has 0 spiro atoms. The van der Waals surface area contributed by atoms with Crippen LogP contribution in [-0.2, 0) is 36.7 Å². The van der Waals surface area contributed by atoms with Gasteiger partial charge in [0.2, 0.25) is 0 Å². The Morgan fingerprint density at radius 1 is 0.863 bits per heavy atom. The summed E-state index contributed by atoms with van der Waals surface area (Å²) in [6.45, 7) is 23.3. The van der Waals surface area contributed by atoms with Gasteiger partial charge in [-0.25, -0.2) is 4.98 Å². The first-order chi connectivity index (χ1) is 23.6. The number of aliphatic hydroxyl groups excluding tert-OH is 1. The average molecular weight is 883 g/mol. The summed E-state index contributed by atoms with van der Waals surface area (Å²) in [4.78, 5) is 26.1. The van der Waals surface area contributed by atoms with Gasteiger partial charge in [0, 0.05) is 48.9 Å². The van der Waals surface area contributed by atoms with Gasteiger partial charge in [0.05, 0.1) is 10.4 Å². The molecule has 5 rings (SSSR count). The van der Waals surface area contributed by atoms with E-state index in [0.29, 0.717) is 5.92 Å². The van der Waals surface area contributed by atoms with E-state index in [4.69, 9.17) is 4.98 Å². The van der Waals surface area contributed by atoms with Crippen LogP contribution in [0.4, 0.5) is 0 Å². The van der Waals surface area contributed by atoms with Crippen molar-refractivity contribution < 1.29 is 30.0 Å². The molecule has 0 fully saturated rings. The summed E-state index contributed by atoms with van der Waals surface area (Å²) in [5.74, 6) is 0.902. The molecule has 51 heavy (non-hydrogen) atoms. The van der Waals surface area contributed by atoms with Gasteiger partial charge in [-0.05, 0) is 71.9 Å². The summed E-state index contributed by atoms with van der Waals surface area (Å²) >= 11 is 1.76. The molecule has 0 saturated heterocycles. The standard InChI is InChI=1S/C29H28N3S.C15H28O2.Ir/c1-18(2)12-21-16-33-28-23(21)10-11-30-27(28)26-15-25(31-17-32-26)20-13-19-8-6-7-9-22(19)24(14-20)29(3,4)5;1-7-14(5,8-2)12(16)11-13(17)15(6,9-3)10-4;/h6-11,14-18H,12H2,1-5H3;11,16H,7-10H2,1-6H3;/q-1;;/b;12-11-;. The van der Waals surface area contributed by atoms with Crippen LogP contribution in [0, 0.1) is 22.8 Å². The van der Waals surface area contributed by atoms with Gasteiger partial charge in [-0.15, -0.1) is 40.5 Å². The maximum absolute atomic E-state index is 12.2. The van der Waals surface area contributed by atoms with Crippen LogP contribution >= 0.6 is 11.3 Å². The Balaban J connectivity index is 0.000000335. The van der Waals surface area contributed by atoms with Crippen molar-refractivity contribution >= 4 is 38.0 Å². The molecule has 0 amide bonds. The number of allylic oxidation sites excluding steroid dienone is 2. The summed E-state index contributed by atoms with van der Waals surface area (Å²) in [6.07, 6.45) is 9.37. The Morgan fingerprint density at radius 2 is 1.49 bits per heavy atom. The van der Waals surface area contributed by atoms with Crippen molar-refractivity contribution in [3.05, 3.63) is 89.4 Å². The van der Waals surface area contributed by atoms with Crippen molar-refractivity contribution in [2.24, 2.45) is 16.7 Å². The third kappa shape index (κ3) is 9.60. The second kappa shape index (κ2) is 17.5. The van der Waals surface area contributed by atoms with Crippen LogP contribution in [0.15, 0.2) is 72.2 Å². The van der Waals surface area contributed by atoms with Crippen molar-refractivity contribution in [2.75, 3.05) is 0 Å². The zero-order valence-corrected chi connectivity index (χ0v) is 35.6. The number of nitrogens with zero attached hydrogens (tertiary/aromatic N) is 3. The minimum absolute atomic E-state index is 0. The molecule has 1 radical (unpaired) electrons. The number of ketones is 1. The Morgan fingerprint density at radius 3 is 2.10 bits per heavy atom. The minimum Gasteiger partial charge on any atom is -0.512 e. The molecule has 1 N–H and O–H groups in total. The van der Waals surface area contributed by atoms with E-state index in [1.54, 1.807) is 17.7 Å². The molecule has 5 nitrogen and oxygen atoms in total. The molecule has 7 heteroatoms. The van der Waals surface area contributed by atoms with E-state index in [-0.39, 0.29) is 47.9 Å². The molecular weight excluding hydrogens is 827 g/mol. The SMILES string of the molecule is CC(C)Cc1csc2c(-c3cc(-c4[c-]c5ccccc5c(C(C)(C)C)c4)ncn3)nccc12.CCC(C)(CC)C(=O)/C=C(\O)C(C)(CC)CC.[Ir].